The Kier molecular flexibility index (Phi) is 4.84. The second-order valence-electron chi connectivity index (χ2n) is 5.41. The molecule has 2 rings (SSSR count). The lowest BCUT2D eigenvalue weighted by Gasteiger charge is -2.14. The lowest BCUT2D eigenvalue weighted by Crippen LogP contribution is -2.35. The Morgan fingerprint density at radius 2 is 2.00 bits per heavy atom. The van der Waals surface area contributed by atoms with Crippen LogP contribution in [0.3, 0.4) is 0 Å². The summed E-state index contributed by atoms with van der Waals surface area (Å²) in [5.41, 5.74) is 6.49. The van der Waals surface area contributed by atoms with Gasteiger partial charge in [0.25, 0.3) is 0 Å². The molecule has 0 saturated heterocycles. The van der Waals surface area contributed by atoms with Crippen molar-refractivity contribution in [1.82, 2.24) is 0 Å². The summed E-state index contributed by atoms with van der Waals surface area (Å²) in [6, 6.07) is 3.65. The van der Waals surface area contributed by atoms with E-state index in [9.17, 15) is 15.0 Å². The molecule has 0 heterocycles. The minimum atomic E-state index is -0.750. The maximum atomic E-state index is 11.8. The fraction of sp³-hybridized carbons (Fsp3) is 0.533. The number of hydrogen-bond donors (Lipinski definition) is 3. The highest BCUT2D eigenvalue weighted by molar-refractivity contribution is 5.76. The molecular weight excluding hydrogens is 258 g/mol. The number of phenolic OH excluding ortho intramolecular Hbond substituents is 2. The summed E-state index contributed by atoms with van der Waals surface area (Å²) in [5, 5.41) is 18.6. The van der Waals surface area contributed by atoms with E-state index in [1.165, 1.54) is 25.0 Å². The van der Waals surface area contributed by atoms with E-state index in [1.54, 1.807) is 6.07 Å². The molecule has 0 aromatic heterocycles. The van der Waals surface area contributed by atoms with E-state index in [2.05, 4.69) is 0 Å². The average Bonchev–Trinajstić information content (AvgIpc) is 2.93. The first-order valence-electron chi connectivity index (χ1n) is 6.99. The quantitative estimate of drug-likeness (QED) is 0.563. The first-order chi connectivity index (χ1) is 9.56. The molecule has 1 aliphatic carbocycles. The third-order valence-electron chi connectivity index (χ3n) is 3.73. The van der Waals surface area contributed by atoms with Gasteiger partial charge >= 0.3 is 5.97 Å². The molecule has 0 aliphatic heterocycles. The van der Waals surface area contributed by atoms with Crippen molar-refractivity contribution < 1.29 is 19.7 Å². The van der Waals surface area contributed by atoms with Crippen LogP contribution in [0.1, 0.15) is 31.2 Å². The van der Waals surface area contributed by atoms with Gasteiger partial charge in [0.15, 0.2) is 11.5 Å². The molecule has 0 spiro atoms. The number of carbonyl (C=O) groups excluding carboxylic acids is 1. The van der Waals surface area contributed by atoms with Crippen LogP contribution in [0.2, 0.25) is 0 Å². The Hall–Kier alpha value is -1.75. The highest BCUT2D eigenvalue weighted by Gasteiger charge is 2.20. The van der Waals surface area contributed by atoms with Crippen LogP contribution in [-0.4, -0.2) is 28.8 Å². The van der Waals surface area contributed by atoms with Crippen LogP contribution in [0, 0.1) is 5.92 Å². The van der Waals surface area contributed by atoms with Gasteiger partial charge in [0.2, 0.25) is 0 Å². The largest absolute Gasteiger partial charge is 0.504 e. The molecule has 5 heteroatoms. The van der Waals surface area contributed by atoms with E-state index < -0.39 is 12.0 Å². The van der Waals surface area contributed by atoms with Gasteiger partial charge < -0.3 is 20.7 Å². The fourth-order valence-electron chi connectivity index (χ4n) is 2.52. The number of benzene rings is 1. The van der Waals surface area contributed by atoms with E-state index in [4.69, 9.17) is 10.5 Å². The maximum absolute atomic E-state index is 11.8. The van der Waals surface area contributed by atoms with Crippen molar-refractivity contribution in [2.75, 3.05) is 6.61 Å². The van der Waals surface area contributed by atoms with Gasteiger partial charge in [-0.05, 0) is 42.9 Å². The lowest BCUT2D eigenvalue weighted by molar-refractivity contribution is -0.146. The zero-order chi connectivity index (χ0) is 14.5. The van der Waals surface area contributed by atoms with Crippen molar-refractivity contribution in [3.05, 3.63) is 23.8 Å². The summed E-state index contributed by atoms with van der Waals surface area (Å²) in [6.07, 6.45) is 4.93. The SMILES string of the molecule is NC(Cc1ccc(O)c(O)c1)C(=O)OCC1CCCC1. The molecule has 1 aromatic carbocycles. The van der Waals surface area contributed by atoms with Gasteiger partial charge in [-0.25, -0.2) is 0 Å². The van der Waals surface area contributed by atoms with Crippen molar-refractivity contribution in [3.8, 4) is 11.5 Å². The van der Waals surface area contributed by atoms with Crippen molar-refractivity contribution in [2.24, 2.45) is 11.7 Å². The third-order valence-corrected chi connectivity index (χ3v) is 3.73. The molecule has 0 radical (unpaired) electrons. The summed E-state index contributed by atoms with van der Waals surface area (Å²) in [4.78, 5) is 11.8. The second kappa shape index (κ2) is 6.61. The highest BCUT2D eigenvalue weighted by atomic mass is 16.5. The Bertz CT molecular complexity index is 469. The molecule has 20 heavy (non-hydrogen) atoms. The van der Waals surface area contributed by atoms with Crippen molar-refractivity contribution >= 4 is 5.97 Å². The monoisotopic (exact) mass is 279 g/mol. The normalized spacial score (nSPS) is 17.1. The topological polar surface area (TPSA) is 92.8 Å². The molecule has 1 unspecified atom stereocenters. The molecule has 0 amide bonds. The van der Waals surface area contributed by atoms with E-state index >= 15 is 0 Å². The average molecular weight is 279 g/mol. The van der Waals surface area contributed by atoms with E-state index in [0.717, 1.165) is 12.8 Å². The molecule has 110 valence electrons. The predicted molar refractivity (Wildman–Crippen MR) is 74.4 cm³/mol. The van der Waals surface area contributed by atoms with Gasteiger partial charge in [-0.1, -0.05) is 18.9 Å². The number of nitrogens with two attached hydrogens (primary N) is 1. The number of hydrogen-bond acceptors (Lipinski definition) is 5. The summed E-state index contributed by atoms with van der Waals surface area (Å²) in [5.74, 6) is -0.339. The lowest BCUT2D eigenvalue weighted by atomic mass is 10.1. The van der Waals surface area contributed by atoms with Gasteiger partial charge in [-0.2, -0.15) is 0 Å². The first kappa shape index (κ1) is 14.7. The Morgan fingerprint density at radius 1 is 1.30 bits per heavy atom. The molecule has 1 fully saturated rings. The van der Waals surface area contributed by atoms with Crippen molar-refractivity contribution in [2.45, 2.75) is 38.1 Å². The molecule has 0 bridgehead atoms. The van der Waals surface area contributed by atoms with Gasteiger partial charge in [-0.15, -0.1) is 0 Å². The zero-order valence-corrected chi connectivity index (χ0v) is 11.4. The second-order valence-corrected chi connectivity index (χ2v) is 5.41. The Labute approximate surface area is 118 Å². The van der Waals surface area contributed by atoms with E-state index in [1.807, 2.05) is 0 Å². The standard InChI is InChI=1S/C15H21NO4/c16-12(7-11-5-6-13(17)14(18)8-11)15(19)20-9-10-3-1-2-4-10/h5-6,8,10,12,17-18H,1-4,7,9,16H2. The Balaban J connectivity index is 1.81. The minimum Gasteiger partial charge on any atom is -0.504 e. The fourth-order valence-corrected chi connectivity index (χ4v) is 2.52. The minimum absolute atomic E-state index is 0.189. The van der Waals surface area contributed by atoms with Crippen LogP contribution in [0.25, 0.3) is 0 Å². The summed E-state index contributed by atoms with van der Waals surface area (Å²) >= 11 is 0. The highest BCUT2D eigenvalue weighted by Crippen LogP contribution is 2.26. The molecule has 1 atom stereocenters. The van der Waals surface area contributed by atoms with Crippen LogP contribution in [0.15, 0.2) is 18.2 Å². The van der Waals surface area contributed by atoms with Gasteiger partial charge in [0.1, 0.15) is 6.04 Å². The van der Waals surface area contributed by atoms with Crippen LogP contribution < -0.4 is 5.73 Å². The van der Waals surface area contributed by atoms with Crippen LogP contribution in [0.5, 0.6) is 11.5 Å². The van der Waals surface area contributed by atoms with Crippen LogP contribution >= 0.6 is 0 Å². The number of ether oxygens (including phenoxy) is 1. The van der Waals surface area contributed by atoms with Crippen molar-refractivity contribution in [3.63, 3.8) is 0 Å². The summed E-state index contributed by atoms with van der Waals surface area (Å²) in [7, 11) is 0. The molecule has 1 saturated carbocycles. The maximum Gasteiger partial charge on any atom is 0.323 e. The molecular formula is C15H21NO4. The number of phenols is 2. The van der Waals surface area contributed by atoms with Crippen molar-refractivity contribution in [1.29, 1.82) is 0 Å². The van der Waals surface area contributed by atoms with Crippen LogP contribution in [0.4, 0.5) is 0 Å². The third kappa shape index (κ3) is 3.87. The Morgan fingerprint density at radius 3 is 2.65 bits per heavy atom. The van der Waals surface area contributed by atoms with Gasteiger partial charge in [-0.3, -0.25) is 4.79 Å². The molecule has 4 N–H and O–H groups in total. The molecule has 5 nitrogen and oxygen atoms in total. The summed E-state index contributed by atoms with van der Waals surface area (Å²) in [6.45, 7) is 0.452. The molecule has 1 aromatic rings. The number of aromatic hydroxyl groups is 2. The number of rotatable bonds is 5. The number of carbonyl (C=O) groups is 1. The van der Waals surface area contributed by atoms with Gasteiger partial charge in [0.05, 0.1) is 6.61 Å². The van der Waals surface area contributed by atoms with E-state index in [-0.39, 0.29) is 17.9 Å². The number of esters is 1. The predicted octanol–water partition coefficient (Wildman–Crippen LogP) is 1.70. The molecule has 1 aliphatic rings. The zero-order valence-electron chi connectivity index (χ0n) is 11.4. The van der Waals surface area contributed by atoms with Gasteiger partial charge in [0, 0.05) is 0 Å². The summed E-state index contributed by atoms with van der Waals surface area (Å²) < 4.78 is 5.24. The first-order valence-corrected chi connectivity index (χ1v) is 6.99. The van der Waals surface area contributed by atoms with Crippen LogP contribution in [-0.2, 0) is 16.0 Å². The smallest absolute Gasteiger partial charge is 0.323 e. The van der Waals surface area contributed by atoms with E-state index in [0.29, 0.717) is 18.1 Å².